The van der Waals surface area contributed by atoms with E-state index in [0.717, 1.165) is 38.5 Å². The molecule has 4 N–H and O–H groups in total. The third-order valence-electron chi connectivity index (χ3n) is 12.2. The lowest BCUT2D eigenvalue weighted by Crippen LogP contribution is -2.65. The fourth-order valence-corrected chi connectivity index (χ4v) is 11.3. The van der Waals surface area contributed by atoms with E-state index < -0.39 is 73.9 Å². The molecule has 5 aliphatic rings. The van der Waals surface area contributed by atoms with Crippen molar-refractivity contribution in [3.05, 3.63) is 0 Å². The van der Waals surface area contributed by atoms with Crippen molar-refractivity contribution in [3.63, 3.8) is 0 Å². The topological polar surface area (TPSA) is 174 Å². The number of unbranched alkanes of at least 4 members (excludes halogenated alkanes) is 1. The van der Waals surface area contributed by atoms with E-state index in [-0.39, 0.29) is 23.3 Å². The van der Waals surface area contributed by atoms with Crippen LogP contribution in [0.4, 0.5) is 4.79 Å². The molecule has 0 aromatic rings. The van der Waals surface area contributed by atoms with Crippen LogP contribution >= 0.6 is 0 Å². The van der Waals surface area contributed by atoms with Crippen LogP contribution in [0, 0.1) is 22.7 Å². The van der Waals surface area contributed by atoms with Crippen molar-refractivity contribution >= 4 is 39.6 Å². The van der Waals surface area contributed by atoms with E-state index in [4.69, 9.17) is 0 Å². The van der Waals surface area contributed by atoms with Crippen molar-refractivity contribution < 1.29 is 32.4 Å². The molecule has 0 radical (unpaired) electrons. The van der Waals surface area contributed by atoms with Crippen molar-refractivity contribution in [3.8, 4) is 0 Å². The molecule has 5 amide bonds. The van der Waals surface area contributed by atoms with Gasteiger partial charge in [0.1, 0.15) is 12.1 Å². The number of fused-ring (bicyclic) bond motifs is 1. The van der Waals surface area contributed by atoms with Crippen molar-refractivity contribution in [2.45, 2.75) is 154 Å². The van der Waals surface area contributed by atoms with Gasteiger partial charge in [-0.15, -0.1) is 0 Å². The summed E-state index contributed by atoms with van der Waals surface area (Å²) in [5.74, 6) is -2.29. The van der Waals surface area contributed by atoms with Crippen LogP contribution in [0.15, 0.2) is 0 Å². The number of rotatable bonds is 13. The lowest BCUT2D eigenvalue weighted by molar-refractivity contribution is -0.145. The quantitative estimate of drug-likeness (QED) is 0.212. The Balaban J connectivity index is 1.35. The second-order valence-electron chi connectivity index (χ2n) is 17.1. The summed E-state index contributed by atoms with van der Waals surface area (Å²) in [6.45, 7) is 14.6. The van der Waals surface area contributed by atoms with E-state index >= 15 is 0 Å². The van der Waals surface area contributed by atoms with Crippen molar-refractivity contribution in [2.24, 2.45) is 22.7 Å². The smallest absolute Gasteiger partial charge is 0.315 e. The number of likely N-dealkylation sites (tertiary alicyclic amines) is 1. The third-order valence-corrected chi connectivity index (χ3v) is 14.8. The molecule has 0 bridgehead atoms. The van der Waals surface area contributed by atoms with Gasteiger partial charge in [0.05, 0.1) is 16.8 Å². The normalized spacial score (nSPS) is 29.3. The number of carbonyl (C=O) groups is 5. The second kappa shape index (κ2) is 14.4. The van der Waals surface area contributed by atoms with Gasteiger partial charge in [0.15, 0.2) is 0 Å². The molecule has 0 unspecified atom stereocenters. The highest BCUT2D eigenvalue weighted by molar-refractivity contribution is 7.90. The van der Waals surface area contributed by atoms with Gasteiger partial charge in [-0.05, 0) is 61.2 Å². The van der Waals surface area contributed by atoms with Crippen LogP contribution in [-0.2, 0) is 29.2 Å². The zero-order chi connectivity index (χ0) is 36.8. The number of carbonyl (C=O) groups excluding carboxylic acids is 5. The van der Waals surface area contributed by atoms with Gasteiger partial charge in [0.25, 0.3) is 5.91 Å². The summed E-state index contributed by atoms with van der Waals surface area (Å²) < 4.78 is 28.6. The number of amides is 5. The van der Waals surface area contributed by atoms with Gasteiger partial charge in [0, 0.05) is 25.7 Å². The lowest BCUT2D eigenvalue weighted by atomic mass is 9.78. The highest BCUT2D eigenvalue weighted by Gasteiger charge is 2.70. The fraction of sp³-hybridized carbons (Fsp3) is 0.861. The standard InChI is InChI=1S/C36H60N6O7S/c1-8-10-14-24(28(43)31(45)37-22-15-16-22)38-30(44)27-26-23(35(26,6)7)21-42(27)32(46)29(34(3,4)5)39-33(47)40-36(18-12-11-13-19-36)25-17-20-41(9-2)50(25,48)49/h22-27,29H,8-21H2,1-7H3,(H,37,45)(H,38,44)(H2,39,40,47)/t23-,24-,25-,26-,27-,29+/m0/s1. The number of urea groups is 1. The fourth-order valence-electron chi connectivity index (χ4n) is 8.92. The van der Waals surface area contributed by atoms with Crippen molar-refractivity contribution in [2.75, 3.05) is 19.6 Å². The first-order valence-corrected chi connectivity index (χ1v) is 20.4. The number of nitrogens with one attached hydrogen (secondary N) is 4. The summed E-state index contributed by atoms with van der Waals surface area (Å²) in [5, 5.41) is 10.9. The van der Waals surface area contributed by atoms with Crippen LogP contribution in [0.5, 0.6) is 0 Å². The number of hydrogen-bond donors (Lipinski definition) is 4. The number of piperidine rings is 1. The van der Waals surface area contributed by atoms with Crippen LogP contribution in [-0.4, -0.2) is 102 Å². The van der Waals surface area contributed by atoms with Crippen LogP contribution in [0.25, 0.3) is 0 Å². The predicted octanol–water partition coefficient (Wildman–Crippen LogP) is 2.83. The molecular formula is C36H60N6O7S. The Morgan fingerprint density at radius 1 is 0.940 bits per heavy atom. The van der Waals surface area contributed by atoms with Gasteiger partial charge in [-0.3, -0.25) is 19.2 Å². The Kier molecular flexibility index (Phi) is 11.0. The maximum absolute atomic E-state index is 14.5. The molecule has 50 heavy (non-hydrogen) atoms. The van der Waals surface area contributed by atoms with E-state index in [9.17, 15) is 32.4 Å². The van der Waals surface area contributed by atoms with Gasteiger partial charge in [-0.2, -0.15) is 0 Å². The maximum atomic E-state index is 14.5. The molecule has 0 spiro atoms. The summed E-state index contributed by atoms with van der Waals surface area (Å²) >= 11 is 0. The zero-order valence-electron chi connectivity index (χ0n) is 31.1. The van der Waals surface area contributed by atoms with Gasteiger partial charge in [0.2, 0.25) is 27.6 Å². The van der Waals surface area contributed by atoms with Crippen LogP contribution in [0.3, 0.4) is 0 Å². The Hall–Kier alpha value is -2.74. The van der Waals surface area contributed by atoms with E-state index in [2.05, 4.69) is 35.1 Å². The molecule has 2 heterocycles. The maximum Gasteiger partial charge on any atom is 0.315 e. The summed E-state index contributed by atoms with van der Waals surface area (Å²) in [4.78, 5) is 70.0. The summed E-state index contributed by atoms with van der Waals surface area (Å²) in [7, 11) is -3.61. The molecule has 14 heteroatoms. The minimum absolute atomic E-state index is 0.00516. The monoisotopic (exact) mass is 720 g/mol. The van der Waals surface area contributed by atoms with E-state index in [1.165, 1.54) is 4.31 Å². The molecule has 0 aromatic carbocycles. The largest absolute Gasteiger partial charge is 0.347 e. The lowest BCUT2D eigenvalue weighted by Gasteiger charge is -2.43. The SMILES string of the molecule is CCCC[C@H](NC(=O)[C@@H]1[C@@H]2[C@H](CN1C(=O)[C@@H](NC(=O)NC1([C@@H]3CCN(CC)S3(=O)=O)CCCCC1)C(C)(C)C)C2(C)C)C(=O)C(=O)NC1CC1. The first-order chi connectivity index (χ1) is 23.4. The molecule has 5 rings (SSSR count). The third kappa shape index (κ3) is 7.56. The number of ketones is 1. The number of nitrogens with zero attached hydrogens (tertiary/aromatic N) is 2. The molecule has 2 aliphatic heterocycles. The van der Waals surface area contributed by atoms with Gasteiger partial charge in [-0.1, -0.05) is 80.6 Å². The van der Waals surface area contributed by atoms with Crippen LogP contribution in [0.1, 0.15) is 119 Å². The van der Waals surface area contributed by atoms with Crippen LogP contribution in [0.2, 0.25) is 0 Å². The van der Waals surface area contributed by atoms with Gasteiger partial charge < -0.3 is 26.2 Å². The zero-order valence-corrected chi connectivity index (χ0v) is 31.9. The molecule has 0 aromatic heterocycles. The second-order valence-corrected chi connectivity index (χ2v) is 19.2. The Labute approximate surface area is 298 Å². The molecule has 282 valence electrons. The predicted molar refractivity (Wildman–Crippen MR) is 189 cm³/mol. The Bertz CT molecular complexity index is 1450. The average molecular weight is 721 g/mol. The molecular weight excluding hydrogens is 660 g/mol. The molecule has 3 saturated carbocycles. The molecule has 13 nitrogen and oxygen atoms in total. The van der Waals surface area contributed by atoms with E-state index in [1.54, 1.807) is 4.90 Å². The van der Waals surface area contributed by atoms with Gasteiger partial charge in [-0.25, -0.2) is 17.5 Å². The van der Waals surface area contributed by atoms with Crippen molar-refractivity contribution in [1.82, 2.24) is 30.5 Å². The molecule has 3 aliphatic carbocycles. The Morgan fingerprint density at radius 3 is 2.16 bits per heavy atom. The molecule has 5 fully saturated rings. The molecule has 2 saturated heterocycles. The van der Waals surface area contributed by atoms with Crippen LogP contribution < -0.4 is 21.3 Å². The summed E-state index contributed by atoms with van der Waals surface area (Å²) in [6, 6.07) is -3.47. The molecule has 6 atom stereocenters. The first kappa shape index (κ1) is 38.5. The minimum atomic E-state index is -3.61. The average Bonchev–Trinajstić information content (AvgIpc) is 3.84. The highest BCUT2D eigenvalue weighted by Crippen LogP contribution is 2.65. The summed E-state index contributed by atoms with van der Waals surface area (Å²) in [5.41, 5.74) is -1.89. The van der Waals surface area contributed by atoms with E-state index in [1.807, 2.05) is 34.6 Å². The van der Waals surface area contributed by atoms with E-state index in [0.29, 0.717) is 51.7 Å². The number of sulfonamides is 1. The number of Topliss-reactive ketones (excluding diaryl/α,β-unsaturated/α-hetero) is 1. The summed E-state index contributed by atoms with van der Waals surface area (Å²) in [6.07, 6.45) is 7.49. The Morgan fingerprint density at radius 2 is 1.60 bits per heavy atom. The van der Waals surface area contributed by atoms with Crippen molar-refractivity contribution in [1.29, 1.82) is 0 Å². The highest BCUT2D eigenvalue weighted by atomic mass is 32.2. The minimum Gasteiger partial charge on any atom is -0.347 e. The first-order valence-electron chi connectivity index (χ1n) is 18.9. The van der Waals surface area contributed by atoms with Gasteiger partial charge >= 0.3 is 6.03 Å². The number of hydrogen-bond acceptors (Lipinski definition) is 7.